The highest BCUT2D eigenvalue weighted by Gasteiger charge is 2.17. The molecule has 2 aromatic rings. The lowest BCUT2D eigenvalue weighted by atomic mass is 10.1. The molecular weight excluding hydrogens is 250 g/mol. The highest BCUT2D eigenvalue weighted by molar-refractivity contribution is 6.35. The van der Waals surface area contributed by atoms with Crippen LogP contribution in [0.2, 0.25) is 5.02 Å². The monoisotopic (exact) mass is 267 g/mol. The molecule has 0 amide bonds. The van der Waals surface area contributed by atoms with E-state index in [1.165, 1.54) is 11.3 Å². The second-order valence-corrected chi connectivity index (χ2v) is 4.83. The van der Waals surface area contributed by atoms with Crippen molar-refractivity contribution in [2.75, 3.05) is 13.7 Å². The SMILES string of the molecule is COc1ccc(Cl)c2c1c(CCCO)c(C)n2C. The van der Waals surface area contributed by atoms with Gasteiger partial charge in [0.25, 0.3) is 0 Å². The molecule has 1 aromatic heterocycles. The Morgan fingerprint density at radius 3 is 2.72 bits per heavy atom. The first-order valence-electron chi connectivity index (χ1n) is 6.03. The minimum Gasteiger partial charge on any atom is -0.496 e. The maximum absolute atomic E-state index is 9.01. The van der Waals surface area contributed by atoms with Crippen molar-refractivity contribution in [2.45, 2.75) is 19.8 Å². The Hall–Kier alpha value is -1.19. The van der Waals surface area contributed by atoms with E-state index in [2.05, 4.69) is 11.5 Å². The Labute approximate surface area is 112 Å². The van der Waals surface area contributed by atoms with E-state index in [9.17, 15) is 0 Å². The van der Waals surface area contributed by atoms with Gasteiger partial charge in [0, 0.05) is 24.7 Å². The predicted molar refractivity (Wildman–Crippen MR) is 74.6 cm³/mol. The second-order valence-electron chi connectivity index (χ2n) is 4.42. The number of nitrogens with zero attached hydrogens (tertiary/aromatic N) is 1. The molecule has 0 saturated carbocycles. The lowest BCUT2D eigenvalue weighted by Gasteiger charge is -2.06. The number of methoxy groups -OCH3 is 1. The first-order chi connectivity index (χ1) is 8.61. The minimum absolute atomic E-state index is 0.193. The van der Waals surface area contributed by atoms with Crippen LogP contribution in [0.15, 0.2) is 12.1 Å². The topological polar surface area (TPSA) is 34.4 Å². The van der Waals surface area contributed by atoms with Gasteiger partial charge in [-0.1, -0.05) is 11.6 Å². The molecule has 98 valence electrons. The molecule has 18 heavy (non-hydrogen) atoms. The first-order valence-corrected chi connectivity index (χ1v) is 6.40. The summed E-state index contributed by atoms with van der Waals surface area (Å²) in [5, 5.41) is 10.8. The first kappa shape index (κ1) is 13.2. The summed E-state index contributed by atoms with van der Waals surface area (Å²) in [6.45, 7) is 2.27. The Balaban J connectivity index is 2.75. The van der Waals surface area contributed by atoms with Crippen molar-refractivity contribution in [3.63, 3.8) is 0 Å². The van der Waals surface area contributed by atoms with Gasteiger partial charge in [-0.3, -0.25) is 0 Å². The zero-order chi connectivity index (χ0) is 13.3. The molecule has 0 saturated heterocycles. The van der Waals surface area contributed by atoms with Gasteiger partial charge in [-0.05, 0) is 37.5 Å². The van der Waals surface area contributed by atoms with Crippen molar-refractivity contribution in [1.82, 2.24) is 4.57 Å². The molecule has 3 nitrogen and oxygen atoms in total. The quantitative estimate of drug-likeness (QED) is 0.924. The highest BCUT2D eigenvalue weighted by Crippen LogP contribution is 2.37. The molecule has 0 aliphatic heterocycles. The third-order valence-electron chi connectivity index (χ3n) is 3.47. The van der Waals surface area contributed by atoms with Gasteiger partial charge in [0.2, 0.25) is 0 Å². The Bertz CT molecular complexity index is 575. The van der Waals surface area contributed by atoms with Gasteiger partial charge >= 0.3 is 0 Å². The van der Waals surface area contributed by atoms with Crippen LogP contribution in [0, 0.1) is 6.92 Å². The van der Waals surface area contributed by atoms with E-state index in [-0.39, 0.29) is 6.61 Å². The number of rotatable bonds is 4. The minimum atomic E-state index is 0.193. The van der Waals surface area contributed by atoms with Crippen LogP contribution < -0.4 is 4.74 Å². The molecule has 0 aliphatic carbocycles. The van der Waals surface area contributed by atoms with Gasteiger partial charge in [0.1, 0.15) is 5.75 Å². The van der Waals surface area contributed by atoms with Gasteiger partial charge in [-0.15, -0.1) is 0 Å². The van der Waals surface area contributed by atoms with Gasteiger partial charge in [-0.2, -0.15) is 0 Å². The molecular formula is C14H18ClNO2. The zero-order valence-corrected chi connectivity index (χ0v) is 11.7. The van der Waals surface area contributed by atoms with E-state index in [1.54, 1.807) is 7.11 Å². The third kappa shape index (κ3) is 1.98. The Morgan fingerprint density at radius 2 is 2.11 bits per heavy atom. The van der Waals surface area contributed by atoms with Gasteiger partial charge in [-0.25, -0.2) is 0 Å². The van der Waals surface area contributed by atoms with E-state index in [1.807, 2.05) is 19.2 Å². The number of ether oxygens (including phenoxy) is 1. The molecule has 0 spiro atoms. The van der Waals surface area contributed by atoms with Crippen molar-refractivity contribution in [2.24, 2.45) is 7.05 Å². The number of benzene rings is 1. The van der Waals surface area contributed by atoms with E-state index in [0.29, 0.717) is 0 Å². The summed E-state index contributed by atoms with van der Waals surface area (Å²) in [4.78, 5) is 0. The summed E-state index contributed by atoms with van der Waals surface area (Å²) >= 11 is 6.28. The standard InChI is InChI=1S/C14H18ClNO2/c1-9-10(5-4-8-17)13-12(18-3)7-6-11(15)14(13)16(9)2/h6-7,17H,4-5,8H2,1-3H3. The maximum atomic E-state index is 9.01. The zero-order valence-electron chi connectivity index (χ0n) is 11.0. The van der Waals surface area contributed by atoms with E-state index in [4.69, 9.17) is 21.4 Å². The van der Waals surface area contributed by atoms with Gasteiger partial charge in [0.15, 0.2) is 0 Å². The number of aryl methyl sites for hydroxylation is 2. The van der Waals surface area contributed by atoms with Crippen molar-refractivity contribution in [3.8, 4) is 5.75 Å². The number of hydrogen-bond acceptors (Lipinski definition) is 2. The average molecular weight is 268 g/mol. The van der Waals surface area contributed by atoms with Crippen LogP contribution in [0.3, 0.4) is 0 Å². The normalized spacial score (nSPS) is 11.2. The van der Waals surface area contributed by atoms with Crippen LogP contribution in [-0.2, 0) is 13.5 Å². The third-order valence-corrected chi connectivity index (χ3v) is 3.78. The van der Waals surface area contributed by atoms with E-state index in [0.717, 1.165) is 34.5 Å². The lowest BCUT2D eigenvalue weighted by Crippen LogP contribution is -1.94. The fourth-order valence-electron chi connectivity index (χ4n) is 2.45. The van der Waals surface area contributed by atoms with Crippen LogP contribution in [0.5, 0.6) is 5.75 Å². The molecule has 0 unspecified atom stereocenters. The molecule has 1 aromatic carbocycles. The van der Waals surface area contributed by atoms with Gasteiger partial charge in [0.05, 0.1) is 17.6 Å². The van der Waals surface area contributed by atoms with Crippen LogP contribution in [-0.4, -0.2) is 23.4 Å². The molecule has 4 heteroatoms. The summed E-state index contributed by atoms with van der Waals surface area (Å²) in [6, 6.07) is 3.75. The van der Waals surface area contributed by atoms with Crippen molar-refractivity contribution in [3.05, 3.63) is 28.4 Å². The molecule has 0 atom stereocenters. The van der Waals surface area contributed by atoms with E-state index >= 15 is 0 Å². The largest absolute Gasteiger partial charge is 0.496 e. The number of aliphatic hydroxyl groups is 1. The molecule has 0 radical (unpaired) electrons. The van der Waals surface area contributed by atoms with Crippen LogP contribution >= 0.6 is 11.6 Å². The smallest absolute Gasteiger partial charge is 0.128 e. The predicted octanol–water partition coefficient (Wildman–Crippen LogP) is 3.07. The summed E-state index contributed by atoms with van der Waals surface area (Å²) in [6.07, 6.45) is 1.58. The molecule has 0 aliphatic rings. The summed E-state index contributed by atoms with van der Waals surface area (Å²) < 4.78 is 7.53. The fourth-order valence-corrected chi connectivity index (χ4v) is 2.73. The summed E-state index contributed by atoms with van der Waals surface area (Å²) in [7, 11) is 3.67. The molecule has 2 rings (SSSR count). The number of hydrogen-bond donors (Lipinski definition) is 1. The number of halogens is 1. The van der Waals surface area contributed by atoms with Crippen molar-refractivity contribution < 1.29 is 9.84 Å². The van der Waals surface area contributed by atoms with E-state index < -0.39 is 0 Å². The number of aromatic nitrogens is 1. The molecule has 0 bridgehead atoms. The van der Waals surface area contributed by atoms with Gasteiger partial charge < -0.3 is 14.4 Å². The highest BCUT2D eigenvalue weighted by atomic mass is 35.5. The average Bonchev–Trinajstić information content (AvgIpc) is 2.62. The van der Waals surface area contributed by atoms with Crippen LogP contribution in [0.1, 0.15) is 17.7 Å². The fraction of sp³-hybridized carbons (Fsp3) is 0.429. The second kappa shape index (κ2) is 5.21. The Kier molecular flexibility index (Phi) is 3.83. The number of fused-ring (bicyclic) bond motifs is 1. The van der Waals surface area contributed by atoms with Crippen molar-refractivity contribution in [1.29, 1.82) is 0 Å². The molecule has 1 N–H and O–H groups in total. The van der Waals surface area contributed by atoms with Crippen molar-refractivity contribution >= 4 is 22.5 Å². The summed E-state index contributed by atoms with van der Waals surface area (Å²) in [5.41, 5.74) is 3.38. The maximum Gasteiger partial charge on any atom is 0.128 e. The lowest BCUT2D eigenvalue weighted by molar-refractivity contribution is 0.288. The summed E-state index contributed by atoms with van der Waals surface area (Å²) in [5.74, 6) is 0.839. The molecule has 1 heterocycles. The Morgan fingerprint density at radius 1 is 1.39 bits per heavy atom. The molecule has 0 fully saturated rings. The number of aliphatic hydroxyl groups excluding tert-OH is 1. The van der Waals surface area contributed by atoms with Crippen LogP contribution in [0.4, 0.5) is 0 Å². The van der Waals surface area contributed by atoms with Crippen LogP contribution in [0.25, 0.3) is 10.9 Å².